The Labute approximate surface area is 164 Å². The van der Waals surface area contributed by atoms with Gasteiger partial charge in [0.1, 0.15) is 9.88 Å². The standard InChI is InChI=1S/C19H16ClNO3S2/c1-3-14-8-9-16(25-14)15(22)10-24-19(23)17-11(2)21-18(26-17)12-4-6-13(20)7-5-12/h4-9H,3,10H2,1-2H3. The summed E-state index contributed by atoms with van der Waals surface area (Å²) in [6.45, 7) is 3.52. The van der Waals surface area contributed by atoms with Gasteiger partial charge in [0.25, 0.3) is 0 Å². The maximum atomic E-state index is 12.3. The van der Waals surface area contributed by atoms with E-state index in [-0.39, 0.29) is 12.4 Å². The van der Waals surface area contributed by atoms with E-state index in [0.717, 1.165) is 16.9 Å². The van der Waals surface area contributed by atoms with Crippen LogP contribution in [-0.4, -0.2) is 23.3 Å². The maximum Gasteiger partial charge on any atom is 0.350 e. The van der Waals surface area contributed by atoms with Crippen molar-refractivity contribution in [3.05, 3.63) is 61.7 Å². The van der Waals surface area contributed by atoms with Gasteiger partial charge < -0.3 is 4.74 Å². The normalized spacial score (nSPS) is 10.7. The Morgan fingerprint density at radius 3 is 2.50 bits per heavy atom. The molecule has 26 heavy (non-hydrogen) atoms. The van der Waals surface area contributed by atoms with Crippen LogP contribution in [0, 0.1) is 6.92 Å². The molecule has 0 N–H and O–H groups in total. The van der Waals surface area contributed by atoms with Crippen molar-refractivity contribution in [1.82, 2.24) is 4.98 Å². The van der Waals surface area contributed by atoms with E-state index in [1.54, 1.807) is 25.1 Å². The second kappa shape index (κ2) is 8.12. The molecule has 0 bridgehead atoms. The second-order valence-corrected chi connectivity index (χ2v) is 8.16. The van der Waals surface area contributed by atoms with Gasteiger partial charge in [-0.25, -0.2) is 9.78 Å². The molecule has 0 aliphatic heterocycles. The van der Waals surface area contributed by atoms with Crippen molar-refractivity contribution in [2.45, 2.75) is 20.3 Å². The molecule has 4 nitrogen and oxygen atoms in total. The van der Waals surface area contributed by atoms with Gasteiger partial charge in [-0.05, 0) is 37.6 Å². The van der Waals surface area contributed by atoms with Crippen molar-refractivity contribution < 1.29 is 14.3 Å². The summed E-state index contributed by atoms with van der Waals surface area (Å²) in [5.74, 6) is -0.719. The van der Waals surface area contributed by atoms with Crippen LogP contribution in [0.4, 0.5) is 0 Å². The van der Waals surface area contributed by atoms with Crippen molar-refractivity contribution in [3.8, 4) is 10.6 Å². The molecule has 0 aliphatic carbocycles. The largest absolute Gasteiger partial charge is 0.453 e. The van der Waals surface area contributed by atoms with E-state index < -0.39 is 5.97 Å². The Morgan fingerprint density at radius 2 is 1.85 bits per heavy atom. The molecule has 0 radical (unpaired) electrons. The molecule has 0 aliphatic rings. The molecule has 2 heterocycles. The van der Waals surface area contributed by atoms with Gasteiger partial charge in [0.2, 0.25) is 5.78 Å². The third-order valence-corrected chi connectivity index (χ3v) is 6.40. The van der Waals surface area contributed by atoms with Gasteiger partial charge >= 0.3 is 5.97 Å². The van der Waals surface area contributed by atoms with E-state index in [2.05, 4.69) is 4.98 Å². The highest BCUT2D eigenvalue weighted by atomic mass is 35.5. The van der Waals surface area contributed by atoms with Crippen molar-refractivity contribution in [2.24, 2.45) is 0 Å². The number of aryl methyl sites for hydroxylation is 2. The number of Topliss-reactive ketones (excluding diaryl/α,β-unsaturated/α-hetero) is 1. The van der Waals surface area contributed by atoms with Crippen molar-refractivity contribution in [2.75, 3.05) is 6.61 Å². The van der Waals surface area contributed by atoms with Gasteiger partial charge in [0.05, 0.1) is 10.6 Å². The number of benzene rings is 1. The predicted molar refractivity (Wildman–Crippen MR) is 106 cm³/mol. The Balaban J connectivity index is 1.68. The summed E-state index contributed by atoms with van der Waals surface area (Å²) < 4.78 is 5.20. The van der Waals surface area contributed by atoms with Crippen LogP contribution in [0.15, 0.2) is 36.4 Å². The van der Waals surface area contributed by atoms with Crippen LogP contribution in [0.3, 0.4) is 0 Å². The quantitative estimate of drug-likeness (QED) is 0.405. The molecule has 0 amide bonds. The molecular weight excluding hydrogens is 390 g/mol. The number of thiazole rings is 1. The molecule has 134 valence electrons. The maximum absolute atomic E-state index is 12.3. The number of aromatic nitrogens is 1. The van der Waals surface area contributed by atoms with Crippen molar-refractivity contribution >= 4 is 46.0 Å². The summed E-state index contributed by atoms with van der Waals surface area (Å²) in [4.78, 5) is 31.1. The molecular formula is C19H16ClNO3S2. The lowest BCUT2D eigenvalue weighted by Crippen LogP contribution is -2.13. The molecule has 3 aromatic rings. The number of halogens is 1. The number of hydrogen-bond acceptors (Lipinski definition) is 6. The van der Waals surface area contributed by atoms with Crippen LogP contribution in [0.5, 0.6) is 0 Å². The number of ketones is 1. The number of carbonyl (C=O) groups excluding carboxylic acids is 2. The Hall–Kier alpha value is -2.02. The minimum Gasteiger partial charge on any atom is -0.453 e. The van der Waals surface area contributed by atoms with E-state index >= 15 is 0 Å². The average Bonchev–Trinajstić information content (AvgIpc) is 3.27. The molecule has 0 spiro atoms. The average molecular weight is 406 g/mol. The summed E-state index contributed by atoms with van der Waals surface area (Å²) in [6.07, 6.45) is 0.880. The molecule has 3 rings (SSSR count). The van der Waals surface area contributed by atoms with Gasteiger partial charge in [-0.3, -0.25) is 4.79 Å². The van der Waals surface area contributed by atoms with Crippen molar-refractivity contribution in [3.63, 3.8) is 0 Å². The molecule has 1 aromatic carbocycles. The van der Waals surface area contributed by atoms with Gasteiger partial charge in [-0.15, -0.1) is 22.7 Å². The predicted octanol–water partition coefficient (Wildman–Crippen LogP) is 5.44. The van der Waals surface area contributed by atoms with Crippen LogP contribution >= 0.6 is 34.3 Å². The fraction of sp³-hybridized carbons (Fsp3) is 0.211. The SMILES string of the molecule is CCc1ccc(C(=O)COC(=O)c2sc(-c3ccc(Cl)cc3)nc2C)s1. The fourth-order valence-electron chi connectivity index (χ4n) is 2.29. The van der Waals surface area contributed by atoms with Gasteiger partial charge in [0, 0.05) is 15.5 Å². The second-order valence-electron chi connectivity index (χ2n) is 5.56. The number of thiophene rings is 1. The smallest absolute Gasteiger partial charge is 0.350 e. The van der Waals surface area contributed by atoms with E-state index in [9.17, 15) is 9.59 Å². The molecule has 7 heteroatoms. The molecule has 0 atom stereocenters. The zero-order valence-electron chi connectivity index (χ0n) is 14.2. The van der Waals surface area contributed by atoms with Crippen molar-refractivity contribution in [1.29, 1.82) is 0 Å². The van der Waals surface area contributed by atoms with Crippen LogP contribution in [0.25, 0.3) is 10.6 Å². The third-order valence-electron chi connectivity index (χ3n) is 3.69. The van der Waals surface area contributed by atoms with E-state index in [1.165, 1.54) is 22.7 Å². The summed E-state index contributed by atoms with van der Waals surface area (Å²) in [5, 5.41) is 1.35. The highest BCUT2D eigenvalue weighted by Crippen LogP contribution is 2.29. The summed E-state index contributed by atoms with van der Waals surface area (Å²) in [6, 6.07) is 10.9. The minimum atomic E-state index is -0.527. The highest BCUT2D eigenvalue weighted by Gasteiger charge is 2.19. The molecule has 0 saturated carbocycles. The lowest BCUT2D eigenvalue weighted by molar-refractivity contribution is 0.0479. The number of nitrogens with zero attached hydrogens (tertiary/aromatic N) is 1. The topological polar surface area (TPSA) is 56.3 Å². The Bertz CT molecular complexity index is 944. The van der Waals surface area contributed by atoms with Crippen LogP contribution in [0.2, 0.25) is 5.02 Å². The number of esters is 1. The summed E-state index contributed by atoms with van der Waals surface area (Å²) in [7, 11) is 0. The zero-order valence-corrected chi connectivity index (χ0v) is 16.6. The first kappa shape index (κ1) is 18.8. The lowest BCUT2D eigenvalue weighted by atomic mass is 10.2. The number of ether oxygens (including phenoxy) is 1. The Kier molecular flexibility index (Phi) is 5.86. The van der Waals surface area contributed by atoms with Gasteiger partial charge in [0.15, 0.2) is 6.61 Å². The third kappa shape index (κ3) is 4.20. The van der Waals surface area contributed by atoms with Crippen LogP contribution < -0.4 is 0 Å². The minimum absolute atomic E-state index is 0.192. The number of carbonyl (C=O) groups is 2. The number of rotatable bonds is 6. The fourth-order valence-corrected chi connectivity index (χ4v) is 4.25. The molecule has 0 saturated heterocycles. The van der Waals surface area contributed by atoms with Gasteiger partial charge in [-0.1, -0.05) is 30.7 Å². The monoisotopic (exact) mass is 405 g/mol. The first-order valence-electron chi connectivity index (χ1n) is 8.00. The number of hydrogen-bond donors (Lipinski definition) is 0. The van der Waals surface area contributed by atoms with E-state index in [0.29, 0.717) is 25.5 Å². The van der Waals surface area contributed by atoms with E-state index in [4.69, 9.17) is 16.3 Å². The first-order valence-corrected chi connectivity index (χ1v) is 10.0. The zero-order chi connectivity index (χ0) is 18.7. The van der Waals surface area contributed by atoms with Gasteiger partial charge in [-0.2, -0.15) is 0 Å². The van der Waals surface area contributed by atoms with Crippen LogP contribution in [0.1, 0.15) is 36.8 Å². The van der Waals surface area contributed by atoms with E-state index in [1.807, 2.05) is 25.1 Å². The summed E-state index contributed by atoms with van der Waals surface area (Å²) in [5.41, 5.74) is 1.46. The molecule has 0 fully saturated rings. The summed E-state index contributed by atoms with van der Waals surface area (Å²) >= 11 is 8.57. The highest BCUT2D eigenvalue weighted by molar-refractivity contribution is 7.17. The Morgan fingerprint density at radius 1 is 1.12 bits per heavy atom. The molecule has 2 aromatic heterocycles. The lowest BCUT2D eigenvalue weighted by Gasteiger charge is -2.01. The van der Waals surface area contributed by atoms with Crippen LogP contribution in [-0.2, 0) is 11.2 Å². The molecule has 0 unspecified atom stereocenters. The first-order chi connectivity index (χ1) is 12.5.